The summed E-state index contributed by atoms with van der Waals surface area (Å²) in [5, 5.41) is 0. The molecule has 2 aromatic rings. The molecule has 0 amide bonds. The van der Waals surface area contributed by atoms with Crippen LogP contribution in [0.1, 0.15) is 44.5 Å². The molecular formula is C20H24. The maximum atomic E-state index is 4.36. The van der Waals surface area contributed by atoms with Crippen molar-refractivity contribution >= 4 is 5.57 Å². The zero-order chi connectivity index (χ0) is 15.0. The first-order valence-corrected chi connectivity index (χ1v) is 7.17. The lowest BCUT2D eigenvalue weighted by molar-refractivity contribution is 1.16. The molecule has 0 heteroatoms. The van der Waals surface area contributed by atoms with Crippen molar-refractivity contribution in [3.05, 3.63) is 75.4 Å². The third kappa shape index (κ3) is 2.31. The van der Waals surface area contributed by atoms with E-state index in [1.54, 1.807) is 0 Å². The minimum absolute atomic E-state index is 1.13. The van der Waals surface area contributed by atoms with Gasteiger partial charge < -0.3 is 0 Å². The smallest absolute Gasteiger partial charge is 0.0120 e. The molecule has 0 bridgehead atoms. The predicted molar refractivity (Wildman–Crippen MR) is 89.4 cm³/mol. The lowest BCUT2D eigenvalue weighted by atomic mass is 9.84. The SMILES string of the molecule is C=C(c1ccc(C)cc1)c1c(C)c(C)c(C)c(C)c1C. The van der Waals surface area contributed by atoms with Crippen molar-refractivity contribution in [3.63, 3.8) is 0 Å². The van der Waals surface area contributed by atoms with E-state index < -0.39 is 0 Å². The molecule has 2 aromatic carbocycles. The van der Waals surface area contributed by atoms with Crippen LogP contribution in [0, 0.1) is 41.5 Å². The fourth-order valence-electron chi connectivity index (χ4n) is 2.85. The van der Waals surface area contributed by atoms with E-state index in [0.717, 1.165) is 5.57 Å². The number of hydrogen-bond acceptors (Lipinski definition) is 0. The molecule has 0 aliphatic carbocycles. The summed E-state index contributed by atoms with van der Waals surface area (Å²) in [5.41, 5.74) is 11.8. The first-order chi connectivity index (χ1) is 9.34. The summed E-state index contributed by atoms with van der Waals surface area (Å²) >= 11 is 0. The Bertz CT molecular complexity index is 641. The Morgan fingerprint density at radius 3 is 1.50 bits per heavy atom. The first-order valence-electron chi connectivity index (χ1n) is 7.17. The van der Waals surface area contributed by atoms with E-state index in [1.165, 1.54) is 44.5 Å². The monoisotopic (exact) mass is 264 g/mol. The first kappa shape index (κ1) is 14.6. The molecule has 0 heterocycles. The van der Waals surface area contributed by atoms with E-state index >= 15 is 0 Å². The second-order valence-electron chi connectivity index (χ2n) is 5.84. The molecule has 2 rings (SSSR count). The van der Waals surface area contributed by atoms with Crippen molar-refractivity contribution in [2.45, 2.75) is 41.5 Å². The highest BCUT2D eigenvalue weighted by Crippen LogP contribution is 2.33. The molecule has 0 spiro atoms. The van der Waals surface area contributed by atoms with Crippen LogP contribution < -0.4 is 0 Å². The van der Waals surface area contributed by atoms with Crippen molar-refractivity contribution < 1.29 is 0 Å². The van der Waals surface area contributed by atoms with Gasteiger partial charge in [0.1, 0.15) is 0 Å². The maximum absolute atomic E-state index is 4.36. The minimum Gasteiger partial charge on any atom is -0.0905 e. The molecule has 0 nitrogen and oxygen atoms in total. The highest BCUT2D eigenvalue weighted by atomic mass is 14.2. The zero-order valence-electron chi connectivity index (χ0n) is 13.5. The quantitative estimate of drug-likeness (QED) is 0.662. The van der Waals surface area contributed by atoms with Crippen LogP contribution in [0.25, 0.3) is 5.57 Å². The summed E-state index contributed by atoms with van der Waals surface area (Å²) in [6.07, 6.45) is 0. The Morgan fingerprint density at radius 1 is 0.650 bits per heavy atom. The van der Waals surface area contributed by atoms with E-state index in [1.807, 2.05) is 0 Å². The normalized spacial score (nSPS) is 10.7. The molecule has 0 saturated carbocycles. The van der Waals surface area contributed by atoms with Gasteiger partial charge in [0.05, 0.1) is 0 Å². The van der Waals surface area contributed by atoms with Gasteiger partial charge in [0.15, 0.2) is 0 Å². The van der Waals surface area contributed by atoms with Crippen molar-refractivity contribution in [1.82, 2.24) is 0 Å². The lowest BCUT2D eigenvalue weighted by Crippen LogP contribution is -2.02. The van der Waals surface area contributed by atoms with E-state index in [2.05, 4.69) is 72.4 Å². The zero-order valence-corrected chi connectivity index (χ0v) is 13.5. The van der Waals surface area contributed by atoms with Crippen LogP contribution in [0.2, 0.25) is 0 Å². The highest BCUT2D eigenvalue weighted by molar-refractivity contribution is 5.83. The van der Waals surface area contributed by atoms with Crippen LogP contribution in [-0.2, 0) is 0 Å². The summed E-state index contributed by atoms with van der Waals surface area (Å²) in [5.74, 6) is 0. The average molecular weight is 264 g/mol. The van der Waals surface area contributed by atoms with E-state index in [0.29, 0.717) is 0 Å². The third-order valence-electron chi connectivity index (χ3n) is 4.70. The number of rotatable bonds is 2. The van der Waals surface area contributed by atoms with Gasteiger partial charge >= 0.3 is 0 Å². The Labute approximate surface area is 123 Å². The second-order valence-corrected chi connectivity index (χ2v) is 5.84. The van der Waals surface area contributed by atoms with Gasteiger partial charge in [0.2, 0.25) is 0 Å². The van der Waals surface area contributed by atoms with Crippen molar-refractivity contribution in [3.8, 4) is 0 Å². The standard InChI is InChI=1S/C20H24/c1-12-8-10-19(11-9-12)18(7)20-16(5)14(3)13(2)15(4)17(20)6/h8-11H,7H2,1-6H3. The Hall–Kier alpha value is -1.82. The molecular weight excluding hydrogens is 240 g/mol. The molecule has 0 unspecified atom stereocenters. The summed E-state index contributed by atoms with van der Waals surface area (Å²) in [7, 11) is 0. The summed E-state index contributed by atoms with van der Waals surface area (Å²) in [6, 6.07) is 8.64. The second kappa shape index (κ2) is 5.28. The average Bonchev–Trinajstić information content (AvgIpc) is 2.44. The van der Waals surface area contributed by atoms with E-state index in [9.17, 15) is 0 Å². The third-order valence-corrected chi connectivity index (χ3v) is 4.70. The number of aryl methyl sites for hydroxylation is 1. The van der Waals surface area contributed by atoms with Crippen molar-refractivity contribution in [1.29, 1.82) is 0 Å². The van der Waals surface area contributed by atoms with Crippen LogP contribution in [0.15, 0.2) is 30.8 Å². The Balaban J connectivity index is 2.64. The minimum atomic E-state index is 1.13. The molecule has 0 fully saturated rings. The number of benzene rings is 2. The molecule has 0 aliphatic heterocycles. The molecule has 0 N–H and O–H groups in total. The fraction of sp³-hybridized carbons (Fsp3) is 0.300. The molecule has 0 atom stereocenters. The van der Waals surface area contributed by atoms with Crippen LogP contribution in [-0.4, -0.2) is 0 Å². The van der Waals surface area contributed by atoms with E-state index in [-0.39, 0.29) is 0 Å². The van der Waals surface area contributed by atoms with Gasteiger partial charge in [-0.2, -0.15) is 0 Å². The predicted octanol–water partition coefficient (Wildman–Crippen LogP) is 5.60. The summed E-state index contributed by atoms with van der Waals surface area (Å²) in [6.45, 7) is 17.5. The summed E-state index contributed by atoms with van der Waals surface area (Å²) < 4.78 is 0. The van der Waals surface area contributed by atoms with Gasteiger partial charge in [-0.15, -0.1) is 0 Å². The number of hydrogen-bond donors (Lipinski definition) is 0. The summed E-state index contributed by atoms with van der Waals surface area (Å²) in [4.78, 5) is 0. The Kier molecular flexibility index (Phi) is 3.85. The highest BCUT2D eigenvalue weighted by Gasteiger charge is 2.15. The molecule has 104 valence electrons. The van der Waals surface area contributed by atoms with Crippen LogP contribution >= 0.6 is 0 Å². The van der Waals surface area contributed by atoms with Crippen molar-refractivity contribution in [2.24, 2.45) is 0 Å². The van der Waals surface area contributed by atoms with Crippen LogP contribution in [0.5, 0.6) is 0 Å². The molecule has 20 heavy (non-hydrogen) atoms. The van der Waals surface area contributed by atoms with Crippen LogP contribution in [0.3, 0.4) is 0 Å². The fourth-order valence-corrected chi connectivity index (χ4v) is 2.85. The van der Waals surface area contributed by atoms with Gasteiger partial charge in [-0.1, -0.05) is 36.4 Å². The largest absolute Gasteiger partial charge is 0.0905 e. The topological polar surface area (TPSA) is 0 Å². The van der Waals surface area contributed by atoms with Gasteiger partial charge in [0, 0.05) is 0 Å². The molecule has 0 aliphatic rings. The molecule has 0 radical (unpaired) electrons. The lowest BCUT2D eigenvalue weighted by Gasteiger charge is -2.20. The molecule has 0 saturated heterocycles. The van der Waals surface area contributed by atoms with Crippen LogP contribution in [0.4, 0.5) is 0 Å². The van der Waals surface area contributed by atoms with Crippen molar-refractivity contribution in [2.75, 3.05) is 0 Å². The Morgan fingerprint density at radius 2 is 1.05 bits per heavy atom. The van der Waals surface area contributed by atoms with Gasteiger partial charge in [-0.25, -0.2) is 0 Å². The van der Waals surface area contributed by atoms with Gasteiger partial charge in [0.25, 0.3) is 0 Å². The maximum Gasteiger partial charge on any atom is -0.0120 e. The van der Waals surface area contributed by atoms with Gasteiger partial charge in [-0.05, 0) is 86.1 Å². The molecule has 0 aromatic heterocycles. The van der Waals surface area contributed by atoms with E-state index in [4.69, 9.17) is 0 Å². The van der Waals surface area contributed by atoms with Gasteiger partial charge in [-0.3, -0.25) is 0 Å².